The third kappa shape index (κ3) is 3.22. The van der Waals surface area contributed by atoms with Crippen LogP contribution in [-0.2, 0) is 0 Å². The van der Waals surface area contributed by atoms with Gasteiger partial charge in [-0.05, 0) is 50.1 Å². The van der Waals surface area contributed by atoms with Gasteiger partial charge in [-0.1, -0.05) is 18.2 Å². The summed E-state index contributed by atoms with van der Waals surface area (Å²) in [6.07, 6.45) is 2.06. The van der Waals surface area contributed by atoms with Crippen molar-refractivity contribution in [3.63, 3.8) is 0 Å². The van der Waals surface area contributed by atoms with Crippen molar-refractivity contribution < 1.29 is 13.6 Å². The van der Waals surface area contributed by atoms with Crippen LogP contribution >= 0.6 is 0 Å². The SMILES string of the molecule is Cc1nn(-c2ccccc2)c2nc(C3CC3)cc(C(=O)Nc3ccc(F)c(F)c3)c12. The van der Waals surface area contributed by atoms with Crippen molar-refractivity contribution in [2.75, 3.05) is 5.32 Å². The molecule has 0 aliphatic heterocycles. The van der Waals surface area contributed by atoms with E-state index in [1.165, 1.54) is 6.07 Å². The molecule has 2 heterocycles. The number of para-hydroxylation sites is 1. The normalized spacial score (nSPS) is 13.6. The van der Waals surface area contributed by atoms with Gasteiger partial charge in [-0.15, -0.1) is 0 Å². The molecule has 2 aromatic carbocycles. The molecule has 7 heteroatoms. The molecule has 0 atom stereocenters. The van der Waals surface area contributed by atoms with E-state index in [-0.39, 0.29) is 5.69 Å². The van der Waals surface area contributed by atoms with Crippen LogP contribution in [0.5, 0.6) is 0 Å². The zero-order valence-corrected chi connectivity index (χ0v) is 16.2. The molecule has 0 saturated heterocycles. The molecule has 5 rings (SSSR count). The summed E-state index contributed by atoms with van der Waals surface area (Å²) in [5.41, 5.74) is 3.58. The predicted molar refractivity (Wildman–Crippen MR) is 110 cm³/mol. The number of carbonyl (C=O) groups excluding carboxylic acids is 1. The Hall–Kier alpha value is -3.61. The first-order valence-corrected chi connectivity index (χ1v) is 9.73. The van der Waals surface area contributed by atoms with Crippen LogP contribution in [0.15, 0.2) is 54.6 Å². The van der Waals surface area contributed by atoms with E-state index in [1.54, 1.807) is 10.7 Å². The first-order chi connectivity index (χ1) is 14.5. The number of rotatable bonds is 4. The Morgan fingerprint density at radius 1 is 1.07 bits per heavy atom. The highest BCUT2D eigenvalue weighted by Gasteiger charge is 2.29. The zero-order valence-electron chi connectivity index (χ0n) is 16.2. The summed E-state index contributed by atoms with van der Waals surface area (Å²) >= 11 is 0. The number of anilines is 1. The van der Waals surface area contributed by atoms with Gasteiger partial charge in [0.1, 0.15) is 0 Å². The number of hydrogen-bond acceptors (Lipinski definition) is 3. The fourth-order valence-electron chi connectivity index (χ4n) is 3.60. The lowest BCUT2D eigenvalue weighted by Crippen LogP contribution is -2.14. The maximum absolute atomic E-state index is 13.6. The van der Waals surface area contributed by atoms with Gasteiger partial charge < -0.3 is 5.32 Å². The lowest BCUT2D eigenvalue weighted by molar-refractivity contribution is 0.102. The predicted octanol–water partition coefficient (Wildman–Crippen LogP) is 5.14. The topological polar surface area (TPSA) is 59.8 Å². The Kier molecular flexibility index (Phi) is 4.31. The van der Waals surface area contributed by atoms with Gasteiger partial charge in [-0.2, -0.15) is 5.10 Å². The van der Waals surface area contributed by atoms with Crippen molar-refractivity contribution in [3.05, 3.63) is 83.2 Å². The number of aromatic nitrogens is 3. The monoisotopic (exact) mass is 404 g/mol. The van der Waals surface area contributed by atoms with Crippen molar-refractivity contribution in [1.29, 1.82) is 0 Å². The minimum absolute atomic E-state index is 0.185. The second-order valence-corrected chi connectivity index (χ2v) is 7.48. The summed E-state index contributed by atoms with van der Waals surface area (Å²) < 4.78 is 28.5. The lowest BCUT2D eigenvalue weighted by Gasteiger charge is -2.10. The number of benzene rings is 2. The molecule has 2 aromatic heterocycles. The number of amides is 1. The van der Waals surface area contributed by atoms with Crippen molar-refractivity contribution in [2.45, 2.75) is 25.7 Å². The van der Waals surface area contributed by atoms with Gasteiger partial charge >= 0.3 is 0 Å². The third-order valence-corrected chi connectivity index (χ3v) is 5.25. The average Bonchev–Trinajstić information content (AvgIpc) is 3.55. The number of pyridine rings is 1. The second-order valence-electron chi connectivity index (χ2n) is 7.48. The van der Waals surface area contributed by atoms with Crippen LogP contribution in [0.25, 0.3) is 16.7 Å². The quantitative estimate of drug-likeness (QED) is 0.513. The molecule has 1 amide bonds. The Balaban J connectivity index is 1.64. The van der Waals surface area contributed by atoms with E-state index in [1.807, 2.05) is 37.3 Å². The van der Waals surface area contributed by atoms with Gasteiger partial charge in [0.05, 0.1) is 22.3 Å². The fourth-order valence-corrected chi connectivity index (χ4v) is 3.60. The highest BCUT2D eigenvalue weighted by molar-refractivity contribution is 6.12. The number of aryl methyl sites for hydroxylation is 1. The number of carbonyl (C=O) groups is 1. The average molecular weight is 404 g/mol. The summed E-state index contributed by atoms with van der Waals surface area (Å²) in [5, 5.41) is 7.93. The Morgan fingerprint density at radius 3 is 2.53 bits per heavy atom. The molecule has 1 aliphatic rings. The van der Waals surface area contributed by atoms with Crippen molar-refractivity contribution in [2.24, 2.45) is 0 Å². The fraction of sp³-hybridized carbons (Fsp3) is 0.174. The molecule has 150 valence electrons. The van der Waals surface area contributed by atoms with Gasteiger partial charge in [0.25, 0.3) is 5.91 Å². The van der Waals surface area contributed by atoms with Gasteiger partial charge in [0.2, 0.25) is 0 Å². The molecule has 0 spiro atoms. The number of hydrogen-bond donors (Lipinski definition) is 1. The van der Waals surface area contributed by atoms with E-state index in [9.17, 15) is 13.6 Å². The molecule has 1 fully saturated rings. The van der Waals surface area contributed by atoms with Gasteiger partial charge in [0.15, 0.2) is 17.3 Å². The first-order valence-electron chi connectivity index (χ1n) is 9.73. The summed E-state index contributed by atoms with van der Waals surface area (Å²) in [7, 11) is 0. The summed E-state index contributed by atoms with van der Waals surface area (Å²) in [6.45, 7) is 1.83. The van der Waals surface area contributed by atoms with E-state index in [2.05, 4.69) is 10.4 Å². The molecular weight excluding hydrogens is 386 g/mol. The van der Waals surface area contributed by atoms with Crippen LogP contribution in [0.4, 0.5) is 14.5 Å². The molecule has 0 bridgehead atoms. The van der Waals surface area contributed by atoms with Crippen molar-refractivity contribution in [3.8, 4) is 5.69 Å². The van der Waals surface area contributed by atoms with E-state index in [0.29, 0.717) is 28.2 Å². The molecule has 30 heavy (non-hydrogen) atoms. The lowest BCUT2D eigenvalue weighted by atomic mass is 10.1. The van der Waals surface area contributed by atoms with Crippen LogP contribution in [0.2, 0.25) is 0 Å². The third-order valence-electron chi connectivity index (χ3n) is 5.25. The zero-order chi connectivity index (χ0) is 20.8. The number of nitrogens with zero attached hydrogens (tertiary/aromatic N) is 3. The molecule has 0 radical (unpaired) electrons. The molecule has 4 aromatic rings. The van der Waals surface area contributed by atoms with Crippen LogP contribution in [-0.4, -0.2) is 20.7 Å². The smallest absolute Gasteiger partial charge is 0.256 e. The number of nitrogens with one attached hydrogen (secondary N) is 1. The molecule has 1 aliphatic carbocycles. The minimum atomic E-state index is -1.01. The minimum Gasteiger partial charge on any atom is -0.322 e. The number of fused-ring (bicyclic) bond motifs is 1. The Morgan fingerprint density at radius 2 is 1.83 bits per heavy atom. The molecule has 0 unspecified atom stereocenters. The van der Waals surface area contributed by atoms with Crippen LogP contribution < -0.4 is 5.32 Å². The number of halogens is 2. The molecule has 1 N–H and O–H groups in total. The molecule has 1 saturated carbocycles. The van der Waals surface area contributed by atoms with E-state index >= 15 is 0 Å². The summed E-state index contributed by atoms with van der Waals surface area (Å²) in [6, 6.07) is 14.7. The van der Waals surface area contributed by atoms with Gasteiger partial charge in [-0.25, -0.2) is 18.4 Å². The second kappa shape index (κ2) is 7.02. The molecular formula is C23H18F2N4O. The maximum Gasteiger partial charge on any atom is 0.256 e. The standard InChI is InChI=1S/C23H18F2N4O/c1-13-21-17(23(30)26-15-9-10-18(24)19(25)11-15)12-20(14-7-8-14)27-22(21)29(28-13)16-5-3-2-4-6-16/h2-6,9-12,14H,7-8H2,1H3,(H,26,30). The van der Waals surface area contributed by atoms with E-state index < -0.39 is 17.5 Å². The van der Waals surface area contributed by atoms with Gasteiger partial charge in [-0.3, -0.25) is 4.79 Å². The highest BCUT2D eigenvalue weighted by atomic mass is 19.2. The summed E-state index contributed by atoms with van der Waals surface area (Å²) in [4.78, 5) is 17.9. The van der Waals surface area contributed by atoms with Crippen molar-refractivity contribution >= 4 is 22.6 Å². The van der Waals surface area contributed by atoms with Crippen LogP contribution in [0.3, 0.4) is 0 Å². The summed E-state index contributed by atoms with van der Waals surface area (Å²) in [5.74, 6) is -2.07. The Bertz CT molecular complexity index is 1280. The largest absolute Gasteiger partial charge is 0.322 e. The van der Waals surface area contributed by atoms with Crippen LogP contribution in [0, 0.1) is 18.6 Å². The van der Waals surface area contributed by atoms with Crippen LogP contribution in [0.1, 0.15) is 40.5 Å². The highest BCUT2D eigenvalue weighted by Crippen LogP contribution is 2.40. The maximum atomic E-state index is 13.6. The molecule has 5 nitrogen and oxygen atoms in total. The first kappa shape index (κ1) is 18.4. The van der Waals surface area contributed by atoms with Gasteiger partial charge in [0, 0.05) is 23.4 Å². The van der Waals surface area contributed by atoms with Crippen molar-refractivity contribution in [1.82, 2.24) is 14.8 Å². The van der Waals surface area contributed by atoms with E-state index in [0.717, 1.165) is 36.4 Å². The van der Waals surface area contributed by atoms with E-state index in [4.69, 9.17) is 4.98 Å². The Labute approximate surface area is 171 Å².